The van der Waals surface area contributed by atoms with Crippen LogP contribution in [0.5, 0.6) is 0 Å². The highest BCUT2D eigenvalue weighted by atomic mass is 16.4. The largest absolute Gasteiger partial charge is 0.420 e. The maximum Gasteiger partial charge on any atom is 0.420 e. The van der Waals surface area contributed by atoms with E-state index >= 15 is 0 Å². The summed E-state index contributed by atoms with van der Waals surface area (Å²) in [6, 6.07) is 18.2. The number of benzene rings is 3. The molecule has 0 aliphatic carbocycles. The fourth-order valence-electron chi connectivity index (χ4n) is 3.58. The van der Waals surface area contributed by atoms with E-state index in [2.05, 4.69) is 10.6 Å². The van der Waals surface area contributed by atoms with E-state index in [9.17, 15) is 14.4 Å². The minimum absolute atomic E-state index is 0.209. The number of fused-ring (bicyclic) bond motifs is 1. The van der Waals surface area contributed by atoms with Gasteiger partial charge in [-0.2, -0.15) is 0 Å². The zero-order chi connectivity index (χ0) is 23.5. The molecule has 0 atom stereocenters. The number of carbonyl (C=O) groups excluding carboxylic acids is 2. The van der Waals surface area contributed by atoms with Gasteiger partial charge >= 0.3 is 5.76 Å². The molecule has 0 saturated carbocycles. The first-order valence-corrected chi connectivity index (χ1v) is 10.6. The Morgan fingerprint density at radius 1 is 0.909 bits per heavy atom. The van der Waals surface area contributed by atoms with Gasteiger partial charge in [0.15, 0.2) is 5.58 Å². The number of carbonyl (C=O) groups is 2. The lowest BCUT2D eigenvalue weighted by Crippen LogP contribution is -2.30. The van der Waals surface area contributed by atoms with Crippen LogP contribution in [0.2, 0.25) is 0 Å². The molecule has 0 saturated heterocycles. The van der Waals surface area contributed by atoms with Crippen molar-refractivity contribution in [2.45, 2.75) is 33.9 Å². The monoisotopic (exact) mass is 443 g/mol. The maximum absolute atomic E-state index is 12.7. The van der Waals surface area contributed by atoms with Crippen LogP contribution >= 0.6 is 0 Å². The summed E-state index contributed by atoms with van der Waals surface area (Å²) in [5.41, 5.74) is 6.02. The van der Waals surface area contributed by atoms with Crippen LogP contribution in [0.25, 0.3) is 11.1 Å². The molecule has 33 heavy (non-hydrogen) atoms. The highest BCUT2D eigenvalue weighted by Crippen LogP contribution is 2.17. The minimum atomic E-state index is -0.650. The predicted molar refractivity (Wildman–Crippen MR) is 127 cm³/mol. The van der Waals surface area contributed by atoms with E-state index in [0.717, 1.165) is 22.3 Å². The van der Waals surface area contributed by atoms with E-state index in [0.29, 0.717) is 28.9 Å². The van der Waals surface area contributed by atoms with Crippen molar-refractivity contribution in [2.75, 3.05) is 5.32 Å². The molecule has 1 aromatic heterocycles. The van der Waals surface area contributed by atoms with Crippen molar-refractivity contribution in [3.8, 4) is 0 Å². The SMILES string of the molecule is Cc1ccc(NC(=O)c2ccc3oc(=O)n(CC(=O)NCc4cc(C)ccc4C)c3c2)cc1. The first kappa shape index (κ1) is 22.1. The standard InChI is InChI=1S/C26H25N3O4/c1-16-5-9-21(10-6-16)28-25(31)19-8-11-23-22(13-19)29(26(32)33-23)15-24(30)27-14-20-12-17(2)4-7-18(20)3/h4-13H,14-15H2,1-3H3,(H,27,30)(H,28,31). The van der Waals surface area contributed by atoms with E-state index in [1.165, 1.54) is 4.57 Å². The zero-order valence-corrected chi connectivity index (χ0v) is 18.8. The summed E-state index contributed by atoms with van der Waals surface area (Å²) in [5.74, 6) is -1.29. The molecule has 0 aliphatic rings. The van der Waals surface area contributed by atoms with Crippen LogP contribution in [0.3, 0.4) is 0 Å². The van der Waals surface area contributed by atoms with Crippen LogP contribution in [-0.4, -0.2) is 16.4 Å². The first-order chi connectivity index (χ1) is 15.8. The van der Waals surface area contributed by atoms with Gasteiger partial charge in [0.05, 0.1) is 5.52 Å². The second-order valence-electron chi connectivity index (χ2n) is 8.16. The van der Waals surface area contributed by atoms with Gasteiger partial charge in [-0.1, -0.05) is 41.5 Å². The van der Waals surface area contributed by atoms with Crippen molar-refractivity contribution in [1.29, 1.82) is 0 Å². The molecular formula is C26H25N3O4. The fraction of sp³-hybridized carbons (Fsp3) is 0.192. The molecule has 4 aromatic rings. The van der Waals surface area contributed by atoms with Crippen molar-refractivity contribution in [3.05, 3.63) is 99.0 Å². The highest BCUT2D eigenvalue weighted by Gasteiger charge is 2.16. The maximum atomic E-state index is 12.7. The molecule has 2 amide bonds. The number of nitrogens with one attached hydrogen (secondary N) is 2. The van der Waals surface area contributed by atoms with Gasteiger partial charge in [-0.25, -0.2) is 4.79 Å². The van der Waals surface area contributed by atoms with Gasteiger partial charge in [-0.15, -0.1) is 0 Å². The van der Waals surface area contributed by atoms with Gasteiger partial charge in [-0.05, 0) is 62.2 Å². The number of aryl methyl sites for hydroxylation is 3. The molecule has 4 rings (SSSR count). The lowest BCUT2D eigenvalue weighted by atomic mass is 10.1. The van der Waals surface area contributed by atoms with E-state index in [1.807, 2.05) is 63.2 Å². The lowest BCUT2D eigenvalue weighted by Gasteiger charge is -2.10. The Morgan fingerprint density at radius 2 is 1.64 bits per heavy atom. The van der Waals surface area contributed by atoms with Crippen LogP contribution < -0.4 is 16.4 Å². The number of oxazole rings is 1. The molecule has 7 heteroatoms. The third-order valence-electron chi connectivity index (χ3n) is 5.52. The smallest absolute Gasteiger partial charge is 0.408 e. The molecule has 0 aliphatic heterocycles. The number of nitrogens with zero attached hydrogens (tertiary/aromatic N) is 1. The van der Waals surface area contributed by atoms with Crippen molar-refractivity contribution in [2.24, 2.45) is 0 Å². The summed E-state index contributed by atoms with van der Waals surface area (Å²) in [5, 5.41) is 5.68. The normalized spacial score (nSPS) is 10.9. The van der Waals surface area contributed by atoms with Gasteiger partial charge < -0.3 is 15.1 Å². The lowest BCUT2D eigenvalue weighted by molar-refractivity contribution is -0.121. The summed E-state index contributed by atoms with van der Waals surface area (Å²) in [6.07, 6.45) is 0. The van der Waals surface area contributed by atoms with Crippen molar-refractivity contribution < 1.29 is 14.0 Å². The van der Waals surface area contributed by atoms with Gasteiger partial charge in [0.2, 0.25) is 5.91 Å². The second kappa shape index (κ2) is 9.16. The average Bonchev–Trinajstić information content (AvgIpc) is 3.10. The Balaban J connectivity index is 1.51. The van der Waals surface area contributed by atoms with E-state index in [1.54, 1.807) is 18.2 Å². The number of anilines is 1. The molecule has 0 unspecified atom stereocenters. The van der Waals surface area contributed by atoms with E-state index in [-0.39, 0.29) is 18.4 Å². The Kier molecular flexibility index (Phi) is 6.13. The quantitative estimate of drug-likeness (QED) is 0.469. The van der Waals surface area contributed by atoms with Crippen LogP contribution in [0.15, 0.2) is 69.9 Å². The summed E-state index contributed by atoms with van der Waals surface area (Å²) in [4.78, 5) is 37.6. The summed E-state index contributed by atoms with van der Waals surface area (Å²) in [7, 11) is 0. The molecule has 0 radical (unpaired) electrons. The minimum Gasteiger partial charge on any atom is -0.408 e. The number of rotatable bonds is 6. The molecule has 168 valence electrons. The van der Waals surface area contributed by atoms with Crippen LogP contribution in [0.4, 0.5) is 5.69 Å². The third kappa shape index (κ3) is 5.03. The Morgan fingerprint density at radius 3 is 2.39 bits per heavy atom. The van der Waals surface area contributed by atoms with Gasteiger partial charge in [0.1, 0.15) is 6.54 Å². The number of hydrogen-bond acceptors (Lipinski definition) is 4. The molecule has 3 aromatic carbocycles. The topological polar surface area (TPSA) is 93.3 Å². The predicted octanol–water partition coefficient (Wildman–Crippen LogP) is 4.09. The van der Waals surface area contributed by atoms with E-state index < -0.39 is 5.76 Å². The third-order valence-corrected chi connectivity index (χ3v) is 5.52. The summed E-state index contributed by atoms with van der Waals surface area (Å²) < 4.78 is 6.49. The molecule has 1 heterocycles. The Labute approximate surface area is 191 Å². The summed E-state index contributed by atoms with van der Waals surface area (Å²) in [6.45, 7) is 6.10. The zero-order valence-electron chi connectivity index (χ0n) is 18.8. The van der Waals surface area contributed by atoms with Crippen molar-refractivity contribution >= 4 is 28.6 Å². The van der Waals surface area contributed by atoms with Gasteiger partial charge in [0, 0.05) is 17.8 Å². The molecule has 2 N–H and O–H groups in total. The van der Waals surface area contributed by atoms with Crippen molar-refractivity contribution in [3.63, 3.8) is 0 Å². The number of aromatic nitrogens is 1. The Hall–Kier alpha value is -4.13. The first-order valence-electron chi connectivity index (χ1n) is 10.6. The summed E-state index contributed by atoms with van der Waals surface area (Å²) >= 11 is 0. The highest BCUT2D eigenvalue weighted by molar-refractivity contribution is 6.05. The molecule has 0 bridgehead atoms. The molecular weight excluding hydrogens is 418 g/mol. The second-order valence-corrected chi connectivity index (χ2v) is 8.16. The van der Waals surface area contributed by atoms with Crippen LogP contribution in [0, 0.1) is 20.8 Å². The van der Waals surface area contributed by atoms with Crippen LogP contribution in [-0.2, 0) is 17.9 Å². The van der Waals surface area contributed by atoms with Gasteiger partial charge in [-0.3, -0.25) is 14.2 Å². The van der Waals surface area contributed by atoms with Crippen molar-refractivity contribution in [1.82, 2.24) is 9.88 Å². The number of amides is 2. The van der Waals surface area contributed by atoms with E-state index in [4.69, 9.17) is 4.42 Å². The average molecular weight is 444 g/mol. The molecule has 0 spiro atoms. The Bertz CT molecular complexity index is 1400. The number of hydrogen-bond donors (Lipinski definition) is 2. The van der Waals surface area contributed by atoms with Crippen LogP contribution in [0.1, 0.15) is 32.6 Å². The van der Waals surface area contributed by atoms with Gasteiger partial charge in [0.25, 0.3) is 5.91 Å². The molecule has 0 fully saturated rings. The fourth-order valence-corrected chi connectivity index (χ4v) is 3.58. The molecule has 7 nitrogen and oxygen atoms in total.